The fourth-order valence-electron chi connectivity index (χ4n) is 3.31. The van der Waals surface area contributed by atoms with Crippen LogP contribution in [0.2, 0.25) is 0 Å². The minimum Gasteiger partial charge on any atom is -0.481 e. The number of hydrogen-bond acceptors (Lipinski definition) is 3. The van der Waals surface area contributed by atoms with Gasteiger partial charge in [-0.15, -0.1) is 0 Å². The molecule has 1 rings (SSSR count). The molecule has 0 spiro atoms. The van der Waals surface area contributed by atoms with E-state index in [4.69, 9.17) is 5.11 Å². The molecule has 1 N–H and O–H groups in total. The number of aryl methyl sites for hydroxylation is 3. The third-order valence-electron chi connectivity index (χ3n) is 5.31. The first-order valence-corrected chi connectivity index (χ1v) is 12.0. The number of aliphatic carboxylic acids is 1. The van der Waals surface area contributed by atoms with E-state index >= 15 is 0 Å². The van der Waals surface area contributed by atoms with Crippen molar-refractivity contribution in [2.45, 2.75) is 130 Å². The highest BCUT2D eigenvalue weighted by atomic mass is 16.4. The van der Waals surface area contributed by atoms with E-state index in [1.807, 2.05) is 20.8 Å². The highest BCUT2D eigenvalue weighted by Crippen LogP contribution is 2.13. The van der Waals surface area contributed by atoms with Crippen LogP contribution >= 0.6 is 0 Å². The lowest BCUT2D eigenvalue weighted by Gasteiger charge is -2.03. The minimum atomic E-state index is -0.653. The maximum Gasteiger partial charge on any atom is 0.303 e. The van der Waals surface area contributed by atoms with Crippen LogP contribution in [0.4, 0.5) is 0 Å². The number of carbonyl (C=O) groups is 1. The molecule has 1 aromatic rings. The Kier molecular flexibility index (Phi) is 18.9. The van der Waals surface area contributed by atoms with Gasteiger partial charge in [0.05, 0.1) is 17.1 Å². The molecule has 29 heavy (non-hydrogen) atoms. The van der Waals surface area contributed by atoms with Gasteiger partial charge in [-0.05, 0) is 27.2 Å². The van der Waals surface area contributed by atoms with Crippen LogP contribution in [-0.4, -0.2) is 21.0 Å². The minimum absolute atomic E-state index is 0.345. The molecule has 4 heteroatoms. The molecule has 1 aromatic heterocycles. The molecule has 1 heterocycles. The summed E-state index contributed by atoms with van der Waals surface area (Å²) in [5.74, 6) is -0.653. The number of carboxylic acid groups (broad SMARTS) is 1. The number of hydrogen-bond donors (Lipinski definition) is 1. The quantitative estimate of drug-likeness (QED) is 0.285. The number of aromatic nitrogens is 2. The summed E-state index contributed by atoms with van der Waals surface area (Å²) in [5.41, 5.74) is 3.02. The highest BCUT2D eigenvalue weighted by Gasteiger charge is 1.97. The van der Waals surface area contributed by atoms with Crippen molar-refractivity contribution in [2.24, 2.45) is 0 Å². The molecule has 0 unspecified atom stereocenters. The van der Waals surface area contributed by atoms with Gasteiger partial charge < -0.3 is 5.11 Å². The summed E-state index contributed by atoms with van der Waals surface area (Å²) in [5, 5.41) is 8.52. The van der Waals surface area contributed by atoms with E-state index in [1.54, 1.807) is 6.20 Å². The third kappa shape index (κ3) is 19.6. The van der Waals surface area contributed by atoms with E-state index in [0.29, 0.717) is 6.42 Å². The zero-order valence-electron chi connectivity index (χ0n) is 19.6. The van der Waals surface area contributed by atoms with Gasteiger partial charge in [-0.2, -0.15) is 0 Å². The van der Waals surface area contributed by atoms with Crippen LogP contribution in [0.25, 0.3) is 0 Å². The Morgan fingerprint density at radius 2 is 1.14 bits per heavy atom. The number of carboxylic acids is 1. The molecule has 168 valence electrons. The number of rotatable bonds is 16. The van der Waals surface area contributed by atoms with Gasteiger partial charge in [0.25, 0.3) is 0 Å². The first kappa shape index (κ1) is 27.5. The van der Waals surface area contributed by atoms with Crippen molar-refractivity contribution in [3.05, 3.63) is 23.3 Å². The van der Waals surface area contributed by atoms with E-state index in [-0.39, 0.29) is 0 Å². The molecule has 0 radical (unpaired) electrons. The van der Waals surface area contributed by atoms with Crippen molar-refractivity contribution in [3.63, 3.8) is 0 Å². The molecule has 0 atom stereocenters. The van der Waals surface area contributed by atoms with E-state index in [2.05, 4.69) is 16.9 Å². The standard InChI is InChI=1S/C18H36O2.C7H10N2/c1-2-3-4-5-6-7-8-9-10-11-12-13-14-15-16-17-18(19)20;1-5-4-8-6(2)7(3)9-5/h2-17H2,1H3,(H,19,20);4H,1-3H3. The van der Waals surface area contributed by atoms with Gasteiger partial charge in [-0.1, -0.05) is 96.8 Å². The zero-order valence-corrected chi connectivity index (χ0v) is 19.6. The fraction of sp³-hybridized carbons (Fsp3) is 0.800. The fourth-order valence-corrected chi connectivity index (χ4v) is 3.31. The maximum absolute atomic E-state index is 10.3. The van der Waals surface area contributed by atoms with Gasteiger partial charge in [0.1, 0.15) is 0 Å². The Morgan fingerprint density at radius 1 is 0.724 bits per heavy atom. The molecular weight excluding hydrogens is 360 g/mol. The zero-order chi connectivity index (χ0) is 21.7. The first-order valence-electron chi connectivity index (χ1n) is 12.0. The largest absolute Gasteiger partial charge is 0.481 e. The molecular formula is C25H46N2O2. The predicted molar refractivity (Wildman–Crippen MR) is 123 cm³/mol. The second-order valence-electron chi connectivity index (χ2n) is 8.28. The maximum atomic E-state index is 10.3. The van der Waals surface area contributed by atoms with Crippen molar-refractivity contribution in [3.8, 4) is 0 Å². The first-order chi connectivity index (χ1) is 14.0. The summed E-state index contributed by atoms with van der Waals surface area (Å²) in [7, 11) is 0. The third-order valence-corrected chi connectivity index (χ3v) is 5.31. The summed E-state index contributed by atoms with van der Waals surface area (Å²) in [6.07, 6.45) is 22.0. The molecule has 0 saturated carbocycles. The van der Waals surface area contributed by atoms with Crippen LogP contribution in [0, 0.1) is 20.8 Å². The van der Waals surface area contributed by atoms with Crippen molar-refractivity contribution in [1.29, 1.82) is 0 Å². The predicted octanol–water partition coefficient (Wildman–Crippen LogP) is 7.73. The summed E-state index contributed by atoms with van der Waals surface area (Å²) < 4.78 is 0. The number of unbranched alkanes of at least 4 members (excludes halogenated alkanes) is 14. The molecule has 4 nitrogen and oxygen atoms in total. The van der Waals surface area contributed by atoms with Gasteiger partial charge >= 0.3 is 5.97 Å². The second kappa shape index (κ2) is 19.8. The van der Waals surface area contributed by atoms with Gasteiger partial charge in [0.15, 0.2) is 0 Å². The van der Waals surface area contributed by atoms with E-state index < -0.39 is 5.97 Å². The lowest BCUT2D eigenvalue weighted by atomic mass is 10.0. The number of nitrogens with zero attached hydrogens (tertiary/aromatic N) is 2. The van der Waals surface area contributed by atoms with Crippen LogP contribution in [0.1, 0.15) is 127 Å². The van der Waals surface area contributed by atoms with Crippen molar-refractivity contribution in [1.82, 2.24) is 9.97 Å². The summed E-state index contributed by atoms with van der Waals surface area (Å²) >= 11 is 0. The second-order valence-corrected chi connectivity index (χ2v) is 8.28. The van der Waals surface area contributed by atoms with Gasteiger partial charge in [0.2, 0.25) is 0 Å². The van der Waals surface area contributed by atoms with Crippen molar-refractivity contribution in [2.75, 3.05) is 0 Å². The Labute approximate surface area is 179 Å². The highest BCUT2D eigenvalue weighted by molar-refractivity contribution is 5.66. The smallest absolute Gasteiger partial charge is 0.303 e. The van der Waals surface area contributed by atoms with Crippen molar-refractivity contribution < 1.29 is 9.90 Å². The monoisotopic (exact) mass is 406 g/mol. The van der Waals surface area contributed by atoms with Crippen LogP contribution in [-0.2, 0) is 4.79 Å². The normalized spacial score (nSPS) is 10.5. The lowest BCUT2D eigenvalue weighted by Crippen LogP contribution is -1.93. The Morgan fingerprint density at radius 3 is 1.48 bits per heavy atom. The molecule has 0 aliphatic heterocycles. The summed E-state index contributed by atoms with van der Waals surface area (Å²) in [6.45, 7) is 8.14. The molecule has 0 aliphatic rings. The van der Waals surface area contributed by atoms with E-state index in [0.717, 1.165) is 29.9 Å². The molecule has 0 saturated heterocycles. The molecule has 0 amide bonds. The van der Waals surface area contributed by atoms with Crippen LogP contribution in [0.5, 0.6) is 0 Å². The molecule has 0 bridgehead atoms. The van der Waals surface area contributed by atoms with E-state index in [9.17, 15) is 4.79 Å². The summed E-state index contributed by atoms with van der Waals surface area (Å²) in [4.78, 5) is 18.7. The van der Waals surface area contributed by atoms with Crippen molar-refractivity contribution >= 4 is 5.97 Å². The Hall–Kier alpha value is -1.45. The Balaban J connectivity index is 0.000000717. The molecule has 0 aliphatic carbocycles. The van der Waals surface area contributed by atoms with Crippen LogP contribution < -0.4 is 0 Å². The van der Waals surface area contributed by atoms with Crippen LogP contribution in [0.15, 0.2) is 6.20 Å². The average Bonchev–Trinajstić information content (AvgIpc) is 2.68. The molecule has 0 fully saturated rings. The van der Waals surface area contributed by atoms with Gasteiger partial charge in [-0.25, -0.2) is 0 Å². The van der Waals surface area contributed by atoms with Gasteiger partial charge in [0, 0.05) is 12.6 Å². The summed E-state index contributed by atoms with van der Waals surface area (Å²) in [6, 6.07) is 0. The average molecular weight is 407 g/mol. The molecule has 0 aromatic carbocycles. The SMILES string of the molecule is CCCCCCCCCCCCCCCCCC(=O)O.Cc1cnc(C)c(C)n1. The lowest BCUT2D eigenvalue weighted by molar-refractivity contribution is -0.137. The topological polar surface area (TPSA) is 63.1 Å². The van der Waals surface area contributed by atoms with E-state index in [1.165, 1.54) is 83.5 Å². The van der Waals surface area contributed by atoms with Gasteiger partial charge in [-0.3, -0.25) is 14.8 Å². The van der Waals surface area contributed by atoms with Crippen LogP contribution in [0.3, 0.4) is 0 Å². The Bertz CT molecular complexity index is 518.